The summed E-state index contributed by atoms with van der Waals surface area (Å²) >= 11 is 0. The molecule has 2 aromatic rings. The molecule has 0 saturated carbocycles. The third kappa shape index (κ3) is 3.62. The minimum Gasteiger partial charge on any atom is -0.493 e. The molecule has 0 bridgehead atoms. The number of aromatic nitrogens is 3. The molecule has 7 heteroatoms. The number of hydrogen-bond donors (Lipinski definition) is 0. The maximum Gasteiger partial charge on any atom is 0.203 e. The largest absolute Gasteiger partial charge is 0.493 e. The van der Waals surface area contributed by atoms with Gasteiger partial charge in [0.05, 0.1) is 21.3 Å². The third-order valence-electron chi connectivity index (χ3n) is 4.79. The number of methoxy groups -OCH3 is 3. The summed E-state index contributed by atoms with van der Waals surface area (Å²) in [6.07, 6.45) is 0.907. The Morgan fingerprint density at radius 1 is 0.962 bits per heavy atom. The van der Waals surface area contributed by atoms with Gasteiger partial charge in [-0.1, -0.05) is 13.8 Å². The Morgan fingerprint density at radius 3 is 2.23 bits per heavy atom. The summed E-state index contributed by atoms with van der Waals surface area (Å²) in [7, 11) is 4.91. The lowest BCUT2D eigenvalue weighted by Gasteiger charge is -2.21. The number of ether oxygens (including phenoxy) is 3. The Labute approximate surface area is 154 Å². The van der Waals surface area contributed by atoms with Gasteiger partial charge in [-0.3, -0.25) is 4.90 Å². The summed E-state index contributed by atoms with van der Waals surface area (Å²) in [4.78, 5) is 2.43. The number of benzene rings is 1. The van der Waals surface area contributed by atoms with Gasteiger partial charge in [0.2, 0.25) is 5.75 Å². The summed E-state index contributed by atoms with van der Waals surface area (Å²) in [5.74, 6) is 4.56. The van der Waals surface area contributed by atoms with Gasteiger partial charge in [0.1, 0.15) is 11.6 Å². The second kappa shape index (κ2) is 7.95. The van der Waals surface area contributed by atoms with Crippen LogP contribution in [0.1, 0.15) is 37.0 Å². The van der Waals surface area contributed by atoms with Crippen LogP contribution in [0.25, 0.3) is 0 Å². The van der Waals surface area contributed by atoms with Crippen molar-refractivity contribution in [2.75, 3.05) is 34.4 Å². The minimum atomic E-state index is 0.387. The standard InChI is InChI=1S/C19H28N4O3/c1-13(2)19-21-20-17-6-7-22(8-9-23(17)19)12-14-10-15(24-3)18(26-5)16(11-14)25-4/h10-11,13H,6-9,12H2,1-5H3. The highest BCUT2D eigenvalue weighted by Gasteiger charge is 2.21. The van der Waals surface area contributed by atoms with E-state index in [1.54, 1.807) is 21.3 Å². The topological polar surface area (TPSA) is 61.6 Å². The van der Waals surface area contributed by atoms with E-state index in [9.17, 15) is 0 Å². The monoisotopic (exact) mass is 360 g/mol. The van der Waals surface area contributed by atoms with Crippen molar-refractivity contribution < 1.29 is 14.2 Å². The highest BCUT2D eigenvalue weighted by molar-refractivity contribution is 5.53. The van der Waals surface area contributed by atoms with Gasteiger partial charge in [-0.25, -0.2) is 0 Å². The van der Waals surface area contributed by atoms with Crippen molar-refractivity contribution in [3.63, 3.8) is 0 Å². The van der Waals surface area contributed by atoms with Crippen molar-refractivity contribution in [1.29, 1.82) is 0 Å². The second-order valence-corrected chi connectivity index (χ2v) is 6.84. The molecule has 7 nitrogen and oxygen atoms in total. The molecule has 0 radical (unpaired) electrons. The molecule has 1 aliphatic rings. The smallest absolute Gasteiger partial charge is 0.203 e. The van der Waals surface area contributed by atoms with E-state index in [4.69, 9.17) is 14.2 Å². The Kier molecular flexibility index (Phi) is 5.66. The zero-order chi connectivity index (χ0) is 18.7. The van der Waals surface area contributed by atoms with Gasteiger partial charge in [0.15, 0.2) is 11.5 Å². The minimum absolute atomic E-state index is 0.387. The zero-order valence-corrected chi connectivity index (χ0v) is 16.3. The van der Waals surface area contributed by atoms with Crippen LogP contribution in [0.2, 0.25) is 0 Å². The van der Waals surface area contributed by atoms with Crippen LogP contribution >= 0.6 is 0 Å². The van der Waals surface area contributed by atoms with Crippen LogP contribution in [0, 0.1) is 0 Å². The lowest BCUT2D eigenvalue weighted by molar-refractivity contribution is 0.268. The van der Waals surface area contributed by atoms with E-state index in [2.05, 4.69) is 33.5 Å². The average Bonchev–Trinajstić information content (AvgIpc) is 2.96. The summed E-state index contributed by atoms with van der Waals surface area (Å²) in [5.41, 5.74) is 1.14. The molecule has 1 aromatic heterocycles. The summed E-state index contributed by atoms with van der Waals surface area (Å²) < 4.78 is 18.6. The van der Waals surface area contributed by atoms with Gasteiger partial charge in [-0.15, -0.1) is 10.2 Å². The lowest BCUT2D eigenvalue weighted by Crippen LogP contribution is -2.26. The SMILES string of the molecule is COc1cc(CN2CCc3nnc(C(C)C)n3CC2)cc(OC)c1OC. The van der Waals surface area contributed by atoms with Crippen molar-refractivity contribution in [2.24, 2.45) is 0 Å². The first-order valence-electron chi connectivity index (χ1n) is 9.00. The van der Waals surface area contributed by atoms with Crippen LogP contribution in [0.5, 0.6) is 17.2 Å². The molecular weight excluding hydrogens is 332 g/mol. The highest BCUT2D eigenvalue weighted by Crippen LogP contribution is 2.38. The summed E-state index contributed by atoms with van der Waals surface area (Å²) in [5, 5.41) is 8.75. The van der Waals surface area contributed by atoms with E-state index in [1.807, 2.05) is 12.1 Å². The highest BCUT2D eigenvalue weighted by atomic mass is 16.5. The molecule has 1 aliphatic heterocycles. The van der Waals surface area contributed by atoms with Crippen LogP contribution in [-0.2, 0) is 19.5 Å². The van der Waals surface area contributed by atoms with Crippen molar-refractivity contribution in [3.05, 3.63) is 29.3 Å². The molecule has 0 spiro atoms. The molecule has 0 saturated heterocycles. The van der Waals surface area contributed by atoms with E-state index in [0.717, 1.165) is 49.8 Å². The molecule has 26 heavy (non-hydrogen) atoms. The first-order chi connectivity index (χ1) is 12.6. The van der Waals surface area contributed by atoms with E-state index in [0.29, 0.717) is 23.2 Å². The molecule has 142 valence electrons. The quantitative estimate of drug-likeness (QED) is 0.789. The Hall–Kier alpha value is -2.28. The molecule has 0 N–H and O–H groups in total. The Morgan fingerprint density at radius 2 is 1.65 bits per heavy atom. The van der Waals surface area contributed by atoms with Crippen LogP contribution in [-0.4, -0.2) is 54.1 Å². The second-order valence-electron chi connectivity index (χ2n) is 6.84. The van der Waals surface area contributed by atoms with Crippen LogP contribution in [0.15, 0.2) is 12.1 Å². The van der Waals surface area contributed by atoms with Crippen molar-refractivity contribution in [2.45, 2.75) is 39.3 Å². The molecule has 0 atom stereocenters. The Balaban J connectivity index is 1.76. The third-order valence-corrected chi connectivity index (χ3v) is 4.79. The molecule has 1 aromatic carbocycles. The zero-order valence-electron chi connectivity index (χ0n) is 16.3. The van der Waals surface area contributed by atoms with Gasteiger partial charge >= 0.3 is 0 Å². The molecule has 0 aliphatic carbocycles. The summed E-state index contributed by atoms with van der Waals surface area (Å²) in [6, 6.07) is 4.04. The van der Waals surface area contributed by atoms with Crippen LogP contribution in [0.4, 0.5) is 0 Å². The molecular formula is C19H28N4O3. The fourth-order valence-corrected chi connectivity index (χ4v) is 3.46. The first-order valence-corrected chi connectivity index (χ1v) is 9.00. The maximum absolute atomic E-state index is 5.47. The first kappa shape index (κ1) is 18.5. The van der Waals surface area contributed by atoms with Gasteiger partial charge in [0, 0.05) is 38.5 Å². The average molecular weight is 360 g/mol. The number of rotatable bonds is 6. The van der Waals surface area contributed by atoms with Gasteiger partial charge in [-0.2, -0.15) is 0 Å². The predicted octanol–water partition coefficient (Wildman–Crippen LogP) is 2.49. The Bertz CT molecular complexity index is 732. The van der Waals surface area contributed by atoms with Crippen LogP contribution < -0.4 is 14.2 Å². The lowest BCUT2D eigenvalue weighted by atomic mass is 10.1. The van der Waals surface area contributed by atoms with E-state index in [-0.39, 0.29) is 0 Å². The number of nitrogens with zero attached hydrogens (tertiary/aromatic N) is 4. The van der Waals surface area contributed by atoms with E-state index < -0.39 is 0 Å². The van der Waals surface area contributed by atoms with E-state index >= 15 is 0 Å². The van der Waals surface area contributed by atoms with E-state index in [1.165, 1.54) is 0 Å². The maximum atomic E-state index is 5.47. The molecule has 0 fully saturated rings. The fraction of sp³-hybridized carbons (Fsp3) is 0.579. The van der Waals surface area contributed by atoms with Gasteiger partial charge in [0.25, 0.3) is 0 Å². The normalized spacial score (nSPS) is 14.8. The molecule has 0 unspecified atom stereocenters. The number of fused-ring (bicyclic) bond motifs is 1. The van der Waals surface area contributed by atoms with Crippen LogP contribution in [0.3, 0.4) is 0 Å². The van der Waals surface area contributed by atoms with Gasteiger partial charge in [-0.05, 0) is 17.7 Å². The number of hydrogen-bond acceptors (Lipinski definition) is 6. The van der Waals surface area contributed by atoms with Gasteiger partial charge < -0.3 is 18.8 Å². The summed E-state index contributed by atoms with van der Waals surface area (Å²) in [6.45, 7) is 7.98. The predicted molar refractivity (Wildman–Crippen MR) is 99.2 cm³/mol. The molecule has 0 amide bonds. The van der Waals surface area contributed by atoms with Crippen molar-refractivity contribution in [3.8, 4) is 17.2 Å². The molecule has 3 rings (SSSR count). The van der Waals surface area contributed by atoms with Crippen molar-refractivity contribution >= 4 is 0 Å². The van der Waals surface area contributed by atoms with Crippen molar-refractivity contribution in [1.82, 2.24) is 19.7 Å². The molecule has 2 heterocycles. The fourth-order valence-electron chi connectivity index (χ4n) is 3.46.